The standard InChI is InChI=1S/C28H30O6/c1-29-28-26(31-18-21-13-7-3-8-14-21)25(30-17-20-11-5-2-6-12-20)24-23(33-28)19-32-27(34-24)22-15-9-4-10-16-22/h2-16,23-28H,17-19H2,1H3/t23-,24-,25+,26-,27-,28-/m1/s1. The molecule has 6 atom stereocenters. The SMILES string of the molecule is CO[C@@H]1O[C@@H]2CO[C@@H](c3ccccc3)O[C@H]2[C@H](OCc2ccccc2)[C@H]1OCc1ccccc1. The molecule has 6 heteroatoms. The van der Waals surface area contributed by atoms with Gasteiger partial charge in [0.25, 0.3) is 0 Å². The van der Waals surface area contributed by atoms with E-state index < -0.39 is 24.8 Å². The molecule has 6 nitrogen and oxygen atoms in total. The number of benzene rings is 3. The molecule has 0 N–H and O–H groups in total. The van der Waals surface area contributed by atoms with Gasteiger partial charge in [-0.3, -0.25) is 0 Å². The topological polar surface area (TPSA) is 55.4 Å². The van der Waals surface area contributed by atoms with Crippen molar-refractivity contribution in [3.8, 4) is 0 Å². The van der Waals surface area contributed by atoms with Crippen molar-refractivity contribution < 1.29 is 28.4 Å². The average Bonchev–Trinajstić information content (AvgIpc) is 2.91. The summed E-state index contributed by atoms with van der Waals surface area (Å²) in [5, 5.41) is 0. The van der Waals surface area contributed by atoms with Gasteiger partial charge in [-0.2, -0.15) is 0 Å². The Morgan fingerprint density at radius 2 is 1.26 bits per heavy atom. The van der Waals surface area contributed by atoms with Gasteiger partial charge < -0.3 is 28.4 Å². The summed E-state index contributed by atoms with van der Waals surface area (Å²) >= 11 is 0. The predicted molar refractivity (Wildman–Crippen MR) is 126 cm³/mol. The van der Waals surface area contributed by atoms with Crippen LogP contribution in [0.15, 0.2) is 91.0 Å². The molecule has 0 radical (unpaired) electrons. The Bertz CT molecular complexity index is 993. The van der Waals surface area contributed by atoms with Crippen molar-refractivity contribution in [3.05, 3.63) is 108 Å². The molecule has 3 aromatic carbocycles. The van der Waals surface area contributed by atoms with E-state index in [-0.39, 0.29) is 12.2 Å². The molecule has 34 heavy (non-hydrogen) atoms. The lowest BCUT2D eigenvalue weighted by Crippen LogP contribution is -2.63. The lowest BCUT2D eigenvalue weighted by Gasteiger charge is -2.48. The van der Waals surface area contributed by atoms with Crippen molar-refractivity contribution >= 4 is 0 Å². The second kappa shape index (κ2) is 11.2. The van der Waals surface area contributed by atoms with Crippen LogP contribution in [0.4, 0.5) is 0 Å². The van der Waals surface area contributed by atoms with Crippen molar-refractivity contribution in [3.63, 3.8) is 0 Å². The maximum Gasteiger partial charge on any atom is 0.186 e. The molecular formula is C28H30O6. The maximum absolute atomic E-state index is 6.49. The number of methoxy groups -OCH3 is 1. The lowest BCUT2D eigenvalue weighted by atomic mass is 9.97. The molecule has 0 aliphatic carbocycles. The van der Waals surface area contributed by atoms with Gasteiger partial charge in [0, 0.05) is 12.7 Å². The van der Waals surface area contributed by atoms with Crippen LogP contribution in [0.2, 0.25) is 0 Å². The van der Waals surface area contributed by atoms with Crippen molar-refractivity contribution in [2.24, 2.45) is 0 Å². The Labute approximate surface area is 200 Å². The zero-order chi connectivity index (χ0) is 23.2. The fourth-order valence-corrected chi connectivity index (χ4v) is 4.42. The van der Waals surface area contributed by atoms with E-state index in [0.29, 0.717) is 19.8 Å². The van der Waals surface area contributed by atoms with Crippen LogP contribution >= 0.6 is 0 Å². The summed E-state index contributed by atoms with van der Waals surface area (Å²) in [6.45, 7) is 1.22. The Kier molecular flexibility index (Phi) is 7.65. The molecule has 0 aromatic heterocycles. The molecule has 0 bridgehead atoms. The summed E-state index contributed by atoms with van der Waals surface area (Å²) in [4.78, 5) is 0. The Hall–Kier alpha value is -2.58. The number of ether oxygens (including phenoxy) is 6. The van der Waals surface area contributed by atoms with Crippen LogP contribution in [-0.2, 0) is 41.6 Å². The molecule has 178 valence electrons. The smallest absolute Gasteiger partial charge is 0.186 e. The maximum atomic E-state index is 6.49. The van der Waals surface area contributed by atoms with Crippen molar-refractivity contribution in [1.29, 1.82) is 0 Å². The van der Waals surface area contributed by atoms with Crippen LogP contribution in [0.5, 0.6) is 0 Å². The van der Waals surface area contributed by atoms with E-state index in [1.165, 1.54) is 0 Å². The van der Waals surface area contributed by atoms with E-state index >= 15 is 0 Å². The first kappa shape index (κ1) is 23.2. The lowest BCUT2D eigenvalue weighted by molar-refractivity contribution is -0.369. The van der Waals surface area contributed by atoms with Gasteiger partial charge in [0.1, 0.15) is 24.4 Å². The van der Waals surface area contributed by atoms with Crippen LogP contribution in [0.1, 0.15) is 23.0 Å². The van der Waals surface area contributed by atoms with Gasteiger partial charge in [0.05, 0.1) is 19.8 Å². The quantitative estimate of drug-likeness (QED) is 0.486. The highest BCUT2D eigenvalue weighted by atomic mass is 16.8. The Balaban J connectivity index is 1.39. The van der Waals surface area contributed by atoms with Gasteiger partial charge in [0.2, 0.25) is 0 Å². The minimum Gasteiger partial charge on any atom is -0.368 e. The van der Waals surface area contributed by atoms with Crippen molar-refractivity contribution in [1.82, 2.24) is 0 Å². The van der Waals surface area contributed by atoms with Crippen LogP contribution in [0.3, 0.4) is 0 Å². The van der Waals surface area contributed by atoms with Gasteiger partial charge in [-0.05, 0) is 11.1 Å². The first-order valence-corrected chi connectivity index (χ1v) is 11.6. The van der Waals surface area contributed by atoms with Crippen molar-refractivity contribution in [2.45, 2.75) is 50.2 Å². The number of rotatable bonds is 8. The van der Waals surface area contributed by atoms with Gasteiger partial charge in [-0.25, -0.2) is 0 Å². The highest BCUT2D eigenvalue weighted by Gasteiger charge is 2.51. The van der Waals surface area contributed by atoms with E-state index in [9.17, 15) is 0 Å². The molecule has 0 unspecified atom stereocenters. The summed E-state index contributed by atoms with van der Waals surface area (Å²) in [5.74, 6) is 0. The second-order valence-electron chi connectivity index (χ2n) is 8.48. The number of hydrogen-bond donors (Lipinski definition) is 0. The van der Waals surface area contributed by atoms with Gasteiger partial charge in [-0.15, -0.1) is 0 Å². The molecule has 3 aromatic rings. The third-order valence-electron chi connectivity index (χ3n) is 6.16. The zero-order valence-corrected chi connectivity index (χ0v) is 19.2. The monoisotopic (exact) mass is 462 g/mol. The van der Waals surface area contributed by atoms with Crippen molar-refractivity contribution in [2.75, 3.05) is 13.7 Å². The minimum absolute atomic E-state index is 0.331. The van der Waals surface area contributed by atoms with Crippen LogP contribution < -0.4 is 0 Å². The third kappa shape index (κ3) is 5.39. The zero-order valence-electron chi connectivity index (χ0n) is 19.2. The molecule has 2 fully saturated rings. The third-order valence-corrected chi connectivity index (χ3v) is 6.16. The van der Waals surface area contributed by atoms with E-state index in [1.54, 1.807) is 7.11 Å². The molecule has 2 heterocycles. The van der Waals surface area contributed by atoms with Crippen LogP contribution in [0, 0.1) is 0 Å². The molecule has 0 spiro atoms. The normalized spacial score (nSPS) is 28.9. The van der Waals surface area contributed by atoms with E-state index in [4.69, 9.17) is 28.4 Å². The van der Waals surface area contributed by atoms with Gasteiger partial charge >= 0.3 is 0 Å². The molecule has 2 aliphatic heterocycles. The van der Waals surface area contributed by atoms with E-state index in [1.807, 2.05) is 91.0 Å². The fourth-order valence-electron chi connectivity index (χ4n) is 4.42. The minimum atomic E-state index is -0.605. The van der Waals surface area contributed by atoms with E-state index in [0.717, 1.165) is 16.7 Å². The molecule has 2 saturated heterocycles. The largest absolute Gasteiger partial charge is 0.368 e. The Morgan fingerprint density at radius 1 is 0.706 bits per heavy atom. The predicted octanol–water partition coefficient (Wildman–Crippen LogP) is 4.64. The second-order valence-corrected chi connectivity index (χ2v) is 8.48. The molecule has 5 rings (SSSR count). The highest BCUT2D eigenvalue weighted by Crippen LogP contribution is 2.37. The first-order chi connectivity index (χ1) is 16.8. The number of hydrogen-bond acceptors (Lipinski definition) is 6. The summed E-state index contributed by atoms with van der Waals surface area (Å²) in [6.07, 6.45) is -2.71. The average molecular weight is 463 g/mol. The molecule has 2 aliphatic rings. The van der Waals surface area contributed by atoms with Crippen LogP contribution in [-0.4, -0.2) is 44.4 Å². The summed E-state index contributed by atoms with van der Waals surface area (Å²) in [7, 11) is 1.62. The molecule has 0 saturated carbocycles. The van der Waals surface area contributed by atoms with Crippen LogP contribution in [0.25, 0.3) is 0 Å². The van der Waals surface area contributed by atoms with Gasteiger partial charge in [0.15, 0.2) is 12.6 Å². The summed E-state index contributed by atoms with van der Waals surface area (Å²) in [5.41, 5.74) is 3.10. The molecule has 0 amide bonds. The Morgan fingerprint density at radius 3 is 1.85 bits per heavy atom. The highest BCUT2D eigenvalue weighted by molar-refractivity contribution is 5.17. The summed E-state index contributed by atoms with van der Waals surface area (Å²) < 4.78 is 37.2. The van der Waals surface area contributed by atoms with E-state index in [2.05, 4.69) is 0 Å². The van der Waals surface area contributed by atoms with Gasteiger partial charge in [-0.1, -0.05) is 91.0 Å². The summed E-state index contributed by atoms with van der Waals surface area (Å²) in [6, 6.07) is 30.0. The fraction of sp³-hybridized carbons (Fsp3) is 0.357. The first-order valence-electron chi connectivity index (χ1n) is 11.6. The molecular weight excluding hydrogens is 432 g/mol. The number of fused-ring (bicyclic) bond motifs is 1.